The minimum absolute atomic E-state index is 0.00694. The standard InChI is InChI=1S/C13H27NO2/c1-8(2)14(9(3)4)13(16)11(6)10(5)12(7)15/h8-12,15H,1-7H3/t10-,11+,12+/m0/s1. The number of aliphatic hydroxyl groups is 1. The topological polar surface area (TPSA) is 40.5 Å². The molecule has 3 nitrogen and oxygen atoms in total. The lowest BCUT2D eigenvalue weighted by atomic mass is 9.89. The first-order valence-corrected chi connectivity index (χ1v) is 6.20. The largest absolute Gasteiger partial charge is 0.393 e. The van der Waals surface area contributed by atoms with Crippen LogP contribution in [0.3, 0.4) is 0 Å². The van der Waals surface area contributed by atoms with E-state index in [2.05, 4.69) is 0 Å². The molecule has 0 aliphatic heterocycles. The molecule has 0 heterocycles. The van der Waals surface area contributed by atoms with Crippen molar-refractivity contribution >= 4 is 5.91 Å². The molecule has 3 heteroatoms. The number of amides is 1. The molecular weight excluding hydrogens is 202 g/mol. The summed E-state index contributed by atoms with van der Waals surface area (Å²) in [5, 5.41) is 9.53. The van der Waals surface area contributed by atoms with Gasteiger partial charge >= 0.3 is 0 Å². The van der Waals surface area contributed by atoms with Gasteiger partial charge in [-0.3, -0.25) is 4.79 Å². The minimum Gasteiger partial charge on any atom is -0.393 e. The average Bonchev–Trinajstić information content (AvgIpc) is 2.13. The highest BCUT2D eigenvalue weighted by molar-refractivity contribution is 5.79. The van der Waals surface area contributed by atoms with Gasteiger partial charge in [0.25, 0.3) is 0 Å². The molecule has 0 radical (unpaired) electrons. The van der Waals surface area contributed by atoms with Crippen LogP contribution in [0.2, 0.25) is 0 Å². The third-order valence-electron chi connectivity index (χ3n) is 3.31. The average molecular weight is 229 g/mol. The molecule has 0 spiro atoms. The highest BCUT2D eigenvalue weighted by Gasteiger charge is 2.30. The number of aliphatic hydroxyl groups excluding tert-OH is 1. The van der Waals surface area contributed by atoms with Crippen LogP contribution >= 0.6 is 0 Å². The van der Waals surface area contributed by atoms with Crippen LogP contribution in [0.5, 0.6) is 0 Å². The van der Waals surface area contributed by atoms with Gasteiger partial charge in [0.15, 0.2) is 0 Å². The molecule has 0 fully saturated rings. The summed E-state index contributed by atoms with van der Waals surface area (Å²) in [6.45, 7) is 13.7. The summed E-state index contributed by atoms with van der Waals surface area (Å²) in [5.74, 6) is -0.00398. The van der Waals surface area contributed by atoms with Gasteiger partial charge in [-0.15, -0.1) is 0 Å². The zero-order valence-electron chi connectivity index (χ0n) is 11.7. The van der Waals surface area contributed by atoms with Gasteiger partial charge in [0.1, 0.15) is 0 Å². The molecule has 0 aromatic heterocycles. The molecule has 0 unspecified atom stereocenters. The van der Waals surface area contributed by atoms with Crippen molar-refractivity contribution in [2.24, 2.45) is 11.8 Å². The smallest absolute Gasteiger partial charge is 0.226 e. The van der Waals surface area contributed by atoms with Crippen LogP contribution in [0.4, 0.5) is 0 Å². The van der Waals surface area contributed by atoms with E-state index in [0.717, 1.165) is 0 Å². The first-order chi connectivity index (χ1) is 7.20. The van der Waals surface area contributed by atoms with Crippen molar-refractivity contribution < 1.29 is 9.90 Å². The molecule has 1 amide bonds. The second-order valence-corrected chi connectivity index (χ2v) is 5.32. The fraction of sp³-hybridized carbons (Fsp3) is 0.923. The van der Waals surface area contributed by atoms with Gasteiger partial charge in [-0.05, 0) is 40.5 Å². The maximum absolute atomic E-state index is 12.3. The van der Waals surface area contributed by atoms with Crippen LogP contribution in [-0.4, -0.2) is 34.1 Å². The van der Waals surface area contributed by atoms with E-state index in [1.165, 1.54) is 0 Å². The lowest BCUT2D eigenvalue weighted by molar-refractivity contribution is -0.141. The molecule has 0 aromatic rings. The minimum atomic E-state index is -0.444. The number of carbonyl (C=O) groups is 1. The van der Waals surface area contributed by atoms with Gasteiger partial charge in [-0.2, -0.15) is 0 Å². The van der Waals surface area contributed by atoms with E-state index in [9.17, 15) is 9.90 Å². The van der Waals surface area contributed by atoms with Crippen molar-refractivity contribution in [1.29, 1.82) is 0 Å². The fourth-order valence-corrected chi connectivity index (χ4v) is 1.98. The summed E-state index contributed by atoms with van der Waals surface area (Å²) in [4.78, 5) is 14.2. The van der Waals surface area contributed by atoms with Crippen LogP contribution in [-0.2, 0) is 4.79 Å². The Morgan fingerprint density at radius 3 is 1.56 bits per heavy atom. The first-order valence-electron chi connectivity index (χ1n) is 6.20. The molecule has 0 aliphatic carbocycles. The zero-order valence-corrected chi connectivity index (χ0v) is 11.7. The lowest BCUT2D eigenvalue weighted by Gasteiger charge is -2.35. The monoisotopic (exact) mass is 229 g/mol. The van der Waals surface area contributed by atoms with Gasteiger partial charge in [0, 0.05) is 18.0 Å². The van der Waals surface area contributed by atoms with Crippen molar-refractivity contribution in [2.75, 3.05) is 0 Å². The number of hydrogen-bond acceptors (Lipinski definition) is 2. The molecule has 0 saturated carbocycles. The molecule has 16 heavy (non-hydrogen) atoms. The first kappa shape index (κ1) is 15.4. The van der Waals surface area contributed by atoms with E-state index in [1.807, 2.05) is 46.4 Å². The molecule has 0 aliphatic rings. The molecule has 0 rings (SSSR count). The van der Waals surface area contributed by atoms with Crippen LogP contribution < -0.4 is 0 Å². The second-order valence-electron chi connectivity index (χ2n) is 5.32. The summed E-state index contributed by atoms with van der Waals surface area (Å²) >= 11 is 0. The third-order valence-corrected chi connectivity index (χ3v) is 3.31. The zero-order chi connectivity index (χ0) is 13.0. The Morgan fingerprint density at radius 1 is 0.938 bits per heavy atom. The number of hydrogen-bond donors (Lipinski definition) is 1. The van der Waals surface area contributed by atoms with Gasteiger partial charge < -0.3 is 10.0 Å². The lowest BCUT2D eigenvalue weighted by Crippen LogP contribution is -2.46. The van der Waals surface area contributed by atoms with E-state index in [0.29, 0.717) is 0 Å². The summed E-state index contributed by atoms with van der Waals surface area (Å²) in [5.41, 5.74) is 0. The van der Waals surface area contributed by atoms with Crippen LogP contribution in [0.1, 0.15) is 48.5 Å². The molecule has 96 valence electrons. The second kappa shape index (κ2) is 6.24. The normalized spacial score (nSPS) is 17.4. The van der Waals surface area contributed by atoms with Crippen molar-refractivity contribution in [3.63, 3.8) is 0 Å². The Balaban J connectivity index is 4.75. The van der Waals surface area contributed by atoms with Gasteiger partial charge in [-0.1, -0.05) is 13.8 Å². The molecule has 1 N–H and O–H groups in total. The van der Waals surface area contributed by atoms with Gasteiger partial charge in [0.2, 0.25) is 5.91 Å². The summed E-state index contributed by atoms with van der Waals surface area (Å²) in [7, 11) is 0. The van der Waals surface area contributed by atoms with Gasteiger partial charge in [-0.25, -0.2) is 0 Å². The Labute approximate surface area is 99.8 Å². The van der Waals surface area contributed by atoms with Crippen molar-refractivity contribution in [3.8, 4) is 0 Å². The Bertz CT molecular complexity index is 216. The summed E-state index contributed by atoms with van der Waals surface area (Å²) < 4.78 is 0. The quantitative estimate of drug-likeness (QED) is 0.785. The molecule has 0 bridgehead atoms. The highest BCUT2D eigenvalue weighted by Crippen LogP contribution is 2.20. The molecule has 3 atom stereocenters. The Kier molecular flexibility index (Phi) is 6.01. The molecule has 0 aromatic carbocycles. The Hall–Kier alpha value is -0.570. The van der Waals surface area contributed by atoms with Crippen LogP contribution in [0, 0.1) is 11.8 Å². The van der Waals surface area contributed by atoms with Gasteiger partial charge in [0.05, 0.1) is 6.10 Å². The maximum Gasteiger partial charge on any atom is 0.226 e. The highest BCUT2D eigenvalue weighted by atomic mass is 16.3. The van der Waals surface area contributed by atoms with Crippen LogP contribution in [0.15, 0.2) is 0 Å². The van der Waals surface area contributed by atoms with E-state index in [1.54, 1.807) is 6.92 Å². The third kappa shape index (κ3) is 3.78. The van der Waals surface area contributed by atoms with E-state index >= 15 is 0 Å². The predicted octanol–water partition coefficient (Wildman–Crippen LogP) is 2.28. The van der Waals surface area contributed by atoms with Crippen LogP contribution in [0.25, 0.3) is 0 Å². The number of rotatable bonds is 5. The summed E-state index contributed by atoms with van der Waals surface area (Å²) in [6.07, 6.45) is -0.444. The summed E-state index contributed by atoms with van der Waals surface area (Å²) in [6, 6.07) is 0.410. The molecular formula is C13H27NO2. The van der Waals surface area contributed by atoms with E-state index < -0.39 is 6.10 Å². The van der Waals surface area contributed by atoms with Crippen molar-refractivity contribution in [2.45, 2.75) is 66.7 Å². The number of carbonyl (C=O) groups excluding carboxylic acids is 1. The predicted molar refractivity (Wildman–Crippen MR) is 67.1 cm³/mol. The Morgan fingerprint density at radius 2 is 1.31 bits per heavy atom. The fourth-order valence-electron chi connectivity index (χ4n) is 1.98. The van der Waals surface area contributed by atoms with E-state index in [-0.39, 0.29) is 29.8 Å². The van der Waals surface area contributed by atoms with Crippen molar-refractivity contribution in [1.82, 2.24) is 4.90 Å². The van der Waals surface area contributed by atoms with E-state index in [4.69, 9.17) is 0 Å². The number of nitrogens with zero attached hydrogens (tertiary/aromatic N) is 1. The maximum atomic E-state index is 12.3. The molecule has 0 saturated heterocycles. The van der Waals surface area contributed by atoms with Crippen molar-refractivity contribution in [3.05, 3.63) is 0 Å². The SMILES string of the molecule is CC(C)N(C(=O)[C@H](C)[C@H](C)[C@@H](C)O)C(C)C.